The number of aromatic nitrogens is 1. The van der Waals surface area contributed by atoms with Gasteiger partial charge in [-0.25, -0.2) is 8.42 Å². The lowest BCUT2D eigenvalue weighted by molar-refractivity contribution is -0.117. The van der Waals surface area contributed by atoms with Crippen molar-refractivity contribution >= 4 is 38.2 Å². The van der Waals surface area contributed by atoms with Gasteiger partial charge in [-0.3, -0.25) is 9.52 Å². The molecule has 1 amide bonds. The summed E-state index contributed by atoms with van der Waals surface area (Å²) in [5, 5.41) is 1.01. The molecule has 0 fully saturated rings. The molecule has 0 unspecified atom stereocenters. The third kappa shape index (κ3) is 2.33. The third-order valence-electron chi connectivity index (χ3n) is 4.25. The van der Waals surface area contributed by atoms with Crippen LogP contribution < -0.4 is 9.62 Å². The van der Waals surface area contributed by atoms with Crippen molar-refractivity contribution in [2.24, 2.45) is 0 Å². The van der Waals surface area contributed by atoms with Gasteiger partial charge in [0.05, 0.1) is 17.0 Å². The summed E-state index contributed by atoms with van der Waals surface area (Å²) in [5.74, 6) is -0.0373. The summed E-state index contributed by atoms with van der Waals surface area (Å²) in [4.78, 5) is 16.5. The van der Waals surface area contributed by atoms with Crippen LogP contribution in [0.25, 0.3) is 10.9 Å². The number of sulfonamides is 1. The molecule has 6 nitrogen and oxygen atoms in total. The number of aromatic amines is 1. The van der Waals surface area contributed by atoms with E-state index in [1.54, 1.807) is 42.4 Å². The zero-order valence-electron chi connectivity index (χ0n) is 12.9. The molecule has 0 spiro atoms. The van der Waals surface area contributed by atoms with Crippen molar-refractivity contribution in [3.05, 3.63) is 54.2 Å². The van der Waals surface area contributed by atoms with Gasteiger partial charge in [0, 0.05) is 24.4 Å². The number of hydrogen-bond donors (Lipinski definition) is 2. The van der Waals surface area contributed by atoms with Crippen LogP contribution in [0.5, 0.6) is 0 Å². The average Bonchev–Trinajstić information content (AvgIpc) is 3.11. The second-order valence-electron chi connectivity index (χ2n) is 5.81. The molecule has 0 saturated carbocycles. The number of hydrogen-bond acceptors (Lipinski definition) is 3. The highest BCUT2D eigenvalue weighted by molar-refractivity contribution is 7.92. The fourth-order valence-electron chi connectivity index (χ4n) is 2.94. The van der Waals surface area contributed by atoms with Crippen LogP contribution in [-0.4, -0.2) is 26.4 Å². The topological polar surface area (TPSA) is 82.3 Å². The number of H-pyrrole nitrogens is 1. The maximum absolute atomic E-state index is 12.6. The molecule has 0 aliphatic carbocycles. The summed E-state index contributed by atoms with van der Waals surface area (Å²) in [6, 6.07) is 12.0. The normalized spacial score (nSPS) is 14.2. The third-order valence-corrected chi connectivity index (χ3v) is 5.62. The zero-order valence-corrected chi connectivity index (χ0v) is 13.7. The predicted octanol–water partition coefficient (Wildman–Crippen LogP) is 2.49. The van der Waals surface area contributed by atoms with Crippen molar-refractivity contribution < 1.29 is 13.2 Å². The maximum Gasteiger partial charge on any atom is 0.261 e. The van der Waals surface area contributed by atoms with Crippen LogP contribution in [0.15, 0.2) is 53.6 Å². The van der Waals surface area contributed by atoms with Crippen LogP contribution in [0.4, 0.5) is 11.4 Å². The number of nitrogens with one attached hydrogen (secondary N) is 2. The molecule has 0 radical (unpaired) electrons. The minimum Gasteiger partial charge on any atom is -0.361 e. The van der Waals surface area contributed by atoms with Gasteiger partial charge in [0.1, 0.15) is 0 Å². The van der Waals surface area contributed by atoms with E-state index in [-0.39, 0.29) is 17.2 Å². The maximum atomic E-state index is 12.6. The average molecular weight is 341 g/mol. The van der Waals surface area contributed by atoms with E-state index >= 15 is 0 Å². The highest BCUT2D eigenvalue weighted by atomic mass is 32.2. The molecular weight excluding hydrogens is 326 g/mol. The van der Waals surface area contributed by atoms with Crippen LogP contribution >= 0.6 is 0 Å². The van der Waals surface area contributed by atoms with Crippen LogP contribution in [0.1, 0.15) is 5.56 Å². The number of amides is 1. The summed E-state index contributed by atoms with van der Waals surface area (Å²) < 4.78 is 27.8. The van der Waals surface area contributed by atoms with Crippen LogP contribution in [0.2, 0.25) is 0 Å². The minimum absolute atomic E-state index is 0.0373. The van der Waals surface area contributed by atoms with E-state index in [1.807, 2.05) is 12.1 Å². The number of benzene rings is 2. The first kappa shape index (κ1) is 14.8. The molecule has 2 heterocycles. The Labute approximate surface area is 139 Å². The van der Waals surface area contributed by atoms with E-state index in [4.69, 9.17) is 0 Å². The van der Waals surface area contributed by atoms with Gasteiger partial charge in [-0.15, -0.1) is 0 Å². The molecule has 0 bridgehead atoms. The molecule has 0 saturated heterocycles. The SMILES string of the molecule is CN1C(=O)Cc2cc(S(=O)(=O)Nc3ccc4cc[nH]c4c3)ccc21. The van der Waals surface area contributed by atoms with Gasteiger partial charge in [-0.2, -0.15) is 0 Å². The quantitative estimate of drug-likeness (QED) is 0.768. The van der Waals surface area contributed by atoms with E-state index in [0.717, 1.165) is 22.2 Å². The molecule has 7 heteroatoms. The number of carbonyl (C=O) groups is 1. The fourth-order valence-corrected chi connectivity index (χ4v) is 4.04. The van der Waals surface area contributed by atoms with E-state index < -0.39 is 10.0 Å². The highest BCUT2D eigenvalue weighted by Gasteiger charge is 2.26. The molecule has 1 aromatic heterocycles. The Hall–Kier alpha value is -2.80. The number of nitrogens with zero attached hydrogens (tertiary/aromatic N) is 1. The number of rotatable bonds is 3. The van der Waals surface area contributed by atoms with Gasteiger partial charge in [0.2, 0.25) is 5.91 Å². The standard InChI is InChI=1S/C17H15N3O3S/c1-20-16-5-4-14(8-12(16)9-17(20)21)24(22,23)19-13-3-2-11-6-7-18-15(11)10-13/h2-8,10,18-19H,9H2,1H3. The van der Waals surface area contributed by atoms with E-state index in [1.165, 1.54) is 6.07 Å². The number of likely N-dealkylation sites (N-methyl/N-ethyl adjacent to an activating group) is 1. The molecule has 1 aliphatic rings. The van der Waals surface area contributed by atoms with Gasteiger partial charge in [0.15, 0.2) is 0 Å². The summed E-state index contributed by atoms with van der Waals surface area (Å²) in [5.41, 5.74) is 2.83. The summed E-state index contributed by atoms with van der Waals surface area (Å²) in [6.07, 6.45) is 2.03. The van der Waals surface area contributed by atoms with E-state index in [2.05, 4.69) is 9.71 Å². The van der Waals surface area contributed by atoms with Crippen molar-refractivity contribution in [3.63, 3.8) is 0 Å². The van der Waals surface area contributed by atoms with Crippen molar-refractivity contribution in [3.8, 4) is 0 Å². The lowest BCUT2D eigenvalue weighted by atomic mass is 10.2. The van der Waals surface area contributed by atoms with Crippen molar-refractivity contribution in [1.29, 1.82) is 0 Å². The predicted molar refractivity (Wildman–Crippen MR) is 92.7 cm³/mol. The van der Waals surface area contributed by atoms with Gasteiger partial charge >= 0.3 is 0 Å². The lowest BCUT2D eigenvalue weighted by Gasteiger charge is -2.12. The van der Waals surface area contributed by atoms with Crippen molar-refractivity contribution in [1.82, 2.24) is 4.98 Å². The molecular formula is C17H15N3O3S. The first-order valence-corrected chi connectivity index (χ1v) is 8.92. The Morgan fingerprint density at radius 3 is 2.79 bits per heavy atom. The molecule has 2 N–H and O–H groups in total. The summed E-state index contributed by atoms with van der Waals surface area (Å²) >= 11 is 0. The second kappa shape index (κ2) is 5.10. The van der Waals surface area contributed by atoms with Gasteiger partial charge in [0.25, 0.3) is 10.0 Å². The molecule has 3 aromatic rings. The molecule has 2 aromatic carbocycles. The Kier molecular flexibility index (Phi) is 3.14. The first-order chi connectivity index (χ1) is 11.4. The van der Waals surface area contributed by atoms with Gasteiger partial charge < -0.3 is 9.88 Å². The Balaban J connectivity index is 1.68. The second-order valence-corrected chi connectivity index (χ2v) is 7.49. The Bertz CT molecular complexity index is 1070. The number of fused-ring (bicyclic) bond motifs is 2. The van der Waals surface area contributed by atoms with Crippen molar-refractivity contribution in [2.45, 2.75) is 11.3 Å². The molecule has 4 rings (SSSR count). The summed E-state index contributed by atoms with van der Waals surface area (Å²) in [7, 11) is -2.03. The molecule has 1 aliphatic heterocycles. The minimum atomic E-state index is -3.72. The van der Waals surface area contributed by atoms with Gasteiger partial charge in [-0.1, -0.05) is 6.07 Å². The molecule has 0 atom stereocenters. The largest absolute Gasteiger partial charge is 0.361 e. The lowest BCUT2D eigenvalue weighted by Crippen LogP contribution is -2.20. The van der Waals surface area contributed by atoms with Crippen LogP contribution in [0, 0.1) is 0 Å². The first-order valence-electron chi connectivity index (χ1n) is 7.43. The summed E-state index contributed by atoms with van der Waals surface area (Å²) in [6.45, 7) is 0. The van der Waals surface area contributed by atoms with E-state index in [0.29, 0.717) is 5.69 Å². The number of anilines is 2. The number of carbonyl (C=O) groups excluding carboxylic acids is 1. The van der Waals surface area contributed by atoms with Crippen molar-refractivity contribution in [2.75, 3.05) is 16.7 Å². The van der Waals surface area contributed by atoms with Gasteiger partial charge in [-0.05, 0) is 47.3 Å². The molecule has 24 heavy (non-hydrogen) atoms. The smallest absolute Gasteiger partial charge is 0.261 e. The fraction of sp³-hybridized carbons (Fsp3) is 0.118. The zero-order chi connectivity index (χ0) is 16.9. The molecule has 122 valence electrons. The van der Waals surface area contributed by atoms with E-state index in [9.17, 15) is 13.2 Å². The van der Waals surface area contributed by atoms with Crippen LogP contribution in [0.3, 0.4) is 0 Å². The van der Waals surface area contributed by atoms with Crippen LogP contribution in [-0.2, 0) is 21.2 Å². The monoisotopic (exact) mass is 341 g/mol. The Morgan fingerprint density at radius 2 is 1.96 bits per heavy atom. The highest BCUT2D eigenvalue weighted by Crippen LogP contribution is 2.30. The Morgan fingerprint density at radius 1 is 1.12 bits per heavy atom.